The van der Waals surface area contributed by atoms with Gasteiger partial charge in [-0.05, 0) is 18.2 Å². The van der Waals surface area contributed by atoms with Gasteiger partial charge >= 0.3 is 0 Å². The van der Waals surface area contributed by atoms with Crippen molar-refractivity contribution in [3.8, 4) is 11.5 Å². The molecule has 1 amide bonds. The summed E-state index contributed by atoms with van der Waals surface area (Å²) in [6, 6.07) is 5.26. The lowest BCUT2D eigenvalue weighted by Gasteiger charge is -2.23. The summed E-state index contributed by atoms with van der Waals surface area (Å²) in [5.41, 5.74) is 0.465. The SMILES string of the molecule is COC(=NCCC[NH+]1CCOCC1)NC(=O)c1ccc2c(c1)OCO2. The lowest BCUT2D eigenvalue weighted by atomic mass is 10.2. The van der Waals surface area contributed by atoms with Gasteiger partial charge in [0.1, 0.15) is 13.1 Å². The Morgan fingerprint density at radius 3 is 2.88 bits per heavy atom. The van der Waals surface area contributed by atoms with Gasteiger partial charge < -0.3 is 23.8 Å². The molecule has 0 aliphatic carbocycles. The van der Waals surface area contributed by atoms with Gasteiger partial charge in [-0.25, -0.2) is 4.99 Å². The van der Waals surface area contributed by atoms with Crippen LogP contribution in [0.5, 0.6) is 11.5 Å². The summed E-state index contributed by atoms with van der Waals surface area (Å²) in [7, 11) is 1.49. The van der Waals surface area contributed by atoms with Gasteiger partial charge in [0, 0.05) is 18.5 Å². The molecule has 1 aromatic carbocycles. The number of amides is 1. The fourth-order valence-electron chi connectivity index (χ4n) is 2.78. The fraction of sp³-hybridized carbons (Fsp3) is 0.529. The molecule has 0 unspecified atom stereocenters. The molecule has 0 aromatic heterocycles. The van der Waals surface area contributed by atoms with Crippen LogP contribution in [0.15, 0.2) is 23.2 Å². The third-order valence-electron chi connectivity index (χ3n) is 4.19. The van der Waals surface area contributed by atoms with Crippen LogP contribution < -0.4 is 19.7 Å². The molecular weight excluding hydrogens is 326 g/mol. The van der Waals surface area contributed by atoms with Crippen LogP contribution in [0.2, 0.25) is 0 Å². The second-order valence-corrected chi connectivity index (χ2v) is 5.88. The van der Waals surface area contributed by atoms with Crippen molar-refractivity contribution in [1.29, 1.82) is 0 Å². The van der Waals surface area contributed by atoms with Gasteiger partial charge in [0.2, 0.25) is 6.79 Å². The third-order valence-corrected chi connectivity index (χ3v) is 4.19. The quantitative estimate of drug-likeness (QED) is 0.423. The highest BCUT2D eigenvalue weighted by molar-refractivity contribution is 6.04. The van der Waals surface area contributed by atoms with Gasteiger partial charge in [-0.2, -0.15) is 0 Å². The number of methoxy groups -OCH3 is 1. The first-order valence-corrected chi connectivity index (χ1v) is 8.47. The largest absolute Gasteiger partial charge is 0.468 e. The van der Waals surface area contributed by atoms with E-state index < -0.39 is 0 Å². The van der Waals surface area contributed by atoms with E-state index in [1.165, 1.54) is 12.0 Å². The molecule has 0 radical (unpaired) electrons. The van der Waals surface area contributed by atoms with E-state index in [-0.39, 0.29) is 18.7 Å². The molecule has 0 bridgehead atoms. The van der Waals surface area contributed by atoms with Crippen LogP contribution in [-0.4, -0.2) is 65.2 Å². The lowest BCUT2D eigenvalue weighted by Crippen LogP contribution is -3.14. The van der Waals surface area contributed by atoms with Crippen molar-refractivity contribution < 1.29 is 28.6 Å². The number of rotatable bonds is 5. The summed E-state index contributed by atoms with van der Waals surface area (Å²) < 4.78 is 21.0. The molecule has 25 heavy (non-hydrogen) atoms. The van der Waals surface area contributed by atoms with Crippen LogP contribution in [-0.2, 0) is 9.47 Å². The number of quaternary nitrogens is 1. The minimum atomic E-state index is -0.294. The predicted molar refractivity (Wildman–Crippen MR) is 90.3 cm³/mol. The molecule has 2 aliphatic heterocycles. The molecule has 136 valence electrons. The van der Waals surface area contributed by atoms with Crippen molar-refractivity contribution in [2.45, 2.75) is 6.42 Å². The van der Waals surface area contributed by atoms with Crippen molar-refractivity contribution in [2.24, 2.45) is 4.99 Å². The number of ether oxygens (including phenoxy) is 4. The van der Waals surface area contributed by atoms with Gasteiger partial charge in [-0.1, -0.05) is 0 Å². The molecular formula is C17H24N3O5+. The second kappa shape index (κ2) is 8.68. The first-order valence-electron chi connectivity index (χ1n) is 8.47. The average Bonchev–Trinajstić information content (AvgIpc) is 3.12. The minimum Gasteiger partial charge on any atom is -0.468 e. The molecule has 1 fully saturated rings. The Morgan fingerprint density at radius 1 is 1.28 bits per heavy atom. The number of amidine groups is 1. The van der Waals surface area contributed by atoms with E-state index >= 15 is 0 Å². The van der Waals surface area contributed by atoms with Crippen LogP contribution in [0.25, 0.3) is 0 Å². The molecule has 3 rings (SSSR count). The Labute approximate surface area is 146 Å². The van der Waals surface area contributed by atoms with Gasteiger partial charge in [-0.15, -0.1) is 0 Å². The highest BCUT2D eigenvalue weighted by Crippen LogP contribution is 2.32. The zero-order chi connectivity index (χ0) is 17.5. The van der Waals surface area contributed by atoms with E-state index in [4.69, 9.17) is 18.9 Å². The van der Waals surface area contributed by atoms with Crippen LogP contribution in [0.4, 0.5) is 0 Å². The Kier molecular flexibility index (Phi) is 6.08. The fourth-order valence-corrected chi connectivity index (χ4v) is 2.78. The Morgan fingerprint density at radius 2 is 2.08 bits per heavy atom. The van der Waals surface area contributed by atoms with Gasteiger partial charge in [-0.3, -0.25) is 10.1 Å². The number of hydrogen-bond donors (Lipinski definition) is 2. The first-order chi connectivity index (χ1) is 12.3. The number of aliphatic imine (C=N–C) groups is 1. The third kappa shape index (κ3) is 4.83. The van der Waals surface area contributed by atoms with Crippen LogP contribution in [0.1, 0.15) is 16.8 Å². The number of carbonyl (C=O) groups is 1. The predicted octanol–water partition coefficient (Wildman–Crippen LogP) is -0.547. The van der Waals surface area contributed by atoms with Gasteiger partial charge in [0.05, 0.1) is 26.9 Å². The van der Waals surface area contributed by atoms with Crippen molar-refractivity contribution in [2.75, 3.05) is 53.3 Å². The minimum absolute atomic E-state index is 0.177. The average molecular weight is 350 g/mol. The maximum atomic E-state index is 12.3. The molecule has 8 nitrogen and oxygen atoms in total. The monoisotopic (exact) mass is 350 g/mol. The van der Waals surface area contributed by atoms with Crippen molar-refractivity contribution in [1.82, 2.24) is 5.32 Å². The molecule has 2 N–H and O–H groups in total. The molecule has 0 atom stereocenters. The maximum Gasteiger partial charge on any atom is 0.291 e. The van der Waals surface area contributed by atoms with E-state index in [0.29, 0.717) is 23.6 Å². The number of nitrogens with one attached hydrogen (secondary N) is 2. The van der Waals surface area contributed by atoms with E-state index in [1.807, 2.05) is 0 Å². The van der Waals surface area contributed by atoms with Crippen LogP contribution in [0.3, 0.4) is 0 Å². The smallest absolute Gasteiger partial charge is 0.291 e. The Bertz CT molecular complexity index is 629. The van der Waals surface area contributed by atoms with Gasteiger partial charge in [0.15, 0.2) is 11.5 Å². The zero-order valence-electron chi connectivity index (χ0n) is 14.4. The van der Waals surface area contributed by atoms with Crippen molar-refractivity contribution >= 4 is 11.9 Å². The molecule has 0 saturated carbocycles. The Hall–Kier alpha value is -2.32. The maximum absolute atomic E-state index is 12.3. The van der Waals surface area contributed by atoms with E-state index in [9.17, 15) is 4.79 Å². The van der Waals surface area contributed by atoms with E-state index in [0.717, 1.165) is 39.3 Å². The summed E-state index contributed by atoms with van der Waals surface area (Å²) in [5, 5.41) is 2.68. The Balaban J connectivity index is 1.48. The molecule has 2 heterocycles. The van der Waals surface area contributed by atoms with Crippen molar-refractivity contribution in [3.63, 3.8) is 0 Å². The van der Waals surface area contributed by atoms with Crippen molar-refractivity contribution in [3.05, 3.63) is 23.8 Å². The first kappa shape index (κ1) is 17.5. The highest BCUT2D eigenvalue weighted by Gasteiger charge is 2.17. The molecule has 1 aromatic rings. The highest BCUT2D eigenvalue weighted by atomic mass is 16.7. The normalized spacial score (nSPS) is 17.4. The summed E-state index contributed by atoms with van der Waals surface area (Å²) in [6.07, 6.45) is 0.933. The van der Waals surface area contributed by atoms with E-state index in [1.54, 1.807) is 18.2 Å². The summed E-state index contributed by atoms with van der Waals surface area (Å²) in [5.74, 6) is 0.914. The molecule has 8 heteroatoms. The van der Waals surface area contributed by atoms with Crippen LogP contribution >= 0.6 is 0 Å². The molecule has 1 saturated heterocycles. The van der Waals surface area contributed by atoms with Gasteiger partial charge in [0.25, 0.3) is 11.9 Å². The number of hydrogen-bond acceptors (Lipinski definition) is 6. The van der Waals surface area contributed by atoms with E-state index in [2.05, 4.69) is 10.3 Å². The molecule has 0 spiro atoms. The zero-order valence-corrected chi connectivity index (χ0v) is 14.4. The standard InChI is InChI=1S/C17H23N3O5/c1-22-17(18-5-2-6-20-7-9-23-10-8-20)19-16(21)13-3-4-14-15(11-13)25-12-24-14/h3-4,11H,2,5-10,12H2,1H3,(H,18,19,21)/p+1. The number of morpholine rings is 1. The number of nitrogens with zero attached hydrogens (tertiary/aromatic N) is 1. The van der Waals surface area contributed by atoms with Crippen LogP contribution in [0, 0.1) is 0 Å². The summed E-state index contributed by atoms with van der Waals surface area (Å²) in [6.45, 7) is 5.57. The summed E-state index contributed by atoms with van der Waals surface area (Å²) in [4.78, 5) is 18.2. The summed E-state index contributed by atoms with van der Waals surface area (Å²) >= 11 is 0. The number of carbonyl (C=O) groups excluding carboxylic acids is 1. The number of fused-ring (bicyclic) bond motifs is 1. The number of benzene rings is 1. The molecule has 2 aliphatic rings. The lowest BCUT2D eigenvalue weighted by molar-refractivity contribution is -0.908. The topological polar surface area (TPSA) is 82.8 Å². The second-order valence-electron chi connectivity index (χ2n) is 5.88.